The lowest BCUT2D eigenvalue weighted by atomic mass is 10.2. The number of amidine groups is 1. The van der Waals surface area contributed by atoms with Gasteiger partial charge in [0.1, 0.15) is 5.84 Å². The first-order chi connectivity index (χ1) is 8.02. The quantitative estimate of drug-likeness (QED) is 0.315. The van der Waals surface area contributed by atoms with E-state index in [-0.39, 0.29) is 11.9 Å². The number of rotatable bonds is 5. The summed E-state index contributed by atoms with van der Waals surface area (Å²) in [6.45, 7) is 1.99. The monoisotopic (exact) mass is 236 g/mol. The Morgan fingerprint density at radius 3 is 2.82 bits per heavy atom. The van der Waals surface area contributed by atoms with Crippen molar-refractivity contribution in [2.24, 2.45) is 10.9 Å². The summed E-state index contributed by atoms with van der Waals surface area (Å²) in [7, 11) is 4.00. The second-order valence-electron chi connectivity index (χ2n) is 4.29. The van der Waals surface area contributed by atoms with Crippen molar-refractivity contribution in [1.82, 2.24) is 0 Å². The van der Waals surface area contributed by atoms with E-state index in [1.165, 1.54) is 0 Å². The Labute approximate surface area is 102 Å². The minimum absolute atomic E-state index is 0.114. The predicted octanol–water partition coefficient (Wildman–Crippen LogP) is 1.69. The molecule has 0 aliphatic carbocycles. The molecular formula is C12H20N4O. The van der Waals surface area contributed by atoms with Gasteiger partial charge in [0, 0.05) is 37.9 Å². The molecule has 0 radical (unpaired) electrons. The normalized spacial score (nSPS) is 13.2. The number of hydrogen-bond acceptors (Lipinski definition) is 4. The number of nitrogens with two attached hydrogens (primary N) is 1. The fourth-order valence-electron chi connectivity index (χ4n) is 1.56. The standard InChI is InChI=1S/C12H20N4O/c1-9(7-12(13)15-17)14-10-5-4-6-11(8-10)16(2)3/h4-6,8-9,14,17H,7H2,1-3H3,(H2,13,15). The summed E-state index contributed by atoms with van der Waals surface area (Å²) >= 11 is 0. The predicted molar refractivity (Wildman–Crippen MR) is 71.9 cm³/mol. The third-order valence-corrected chi connectivity index (χ3v) is 2.42. The number of oxime groups is 1. The van der Waals surface area contributed by atoms with Gasteiger partial charge >= 0.3 is 0 Å². The van der Waals surface area contributed by atoms with E-state index in [0.717, 1.165) is 11.4 Å². The largest absolute Gasteiger partial charge is 0.409 e. The van der Waals surface area contributed by atoms with Gasteiger partial charge < -0.3 is 21.2 Å². The van der Waals surface area contributed by atoms with Gasteiger partial charge in [-0.15, -0.1) is 0 Å². The second kappa shape index (κ2) is 5.98. The van der Waals surface area contributed by atoms with Crippen LogP contribution in [0.25, 0.3) is 0 Å². The summed E-state index contributed by atoms with van der Waals surface area (Å²) in [6, 6.07) is 8.20. The lowest BCUT2D eigenvalue weighted by Gasteiger charge is -2.17. The van der Waals surface area contributed by atoms with E-state index >= 15 is 0 Å². The van der Waals surface area contributed by atoms with Crippen molar-refractivity contribution in [3.8, 4) is 0 Å². The SMILES string of the molecule is CC(C/C(N)=N/O)Nc1cccc(N(C)C)c1. The highest BCUT2D eigenvalue weighted by molar-refractivity contribution is 5.80. The molecule has 1 atom stereocenters. The number of nitrogens with one attached hydrogen (secondary N) is 1. The molecule has 17 heavy (non-hydrogen) atoms. The molecule has 0 bridgehead atoms. The van der Waals surface area contributed by atoms with Crippen LogP contribution in [0, 0.1) is 0 Å². The van der Waals surface area contributed by atoms with Gasteiger partial charge in [-0.25, -0.2) is 0 Å². The molecule has 1 unspecified atom stereocenters. The van der Waals surface area contributed by atoms with E-state index in [2.05, 4.69) is 16.5 Å². The van der Waals surface area contributed by atoms with E-state index in [4.69, 9.17) is 10.9 Å². The van der Waals surface area contributed by atoms with Gasteiger partial charge in [0.05, 0.1) is 0 Å². The molecule has 0 aliphatic heterocycles. The first-order valence-corrected chi connectivity index (χ1v) is 5.53. The molecule has 0 aromatic heterocycles. The number of hydrogen-bond donors (Lipinski definition) is 3. The third kappa shape index (κ3) is 4.22. The van der Waals surface area contributed by atoms with Crippen LogP contribution in [0.4, 0.5) is 11.4 Å². The van der Waals surface area contributed by atoms with Gasteiger partial charge in [-0.2, -0.15) is 0 Å². The van der Waals surface area contributed by atoms with Crippen LogP contribution in [0.15, 0.2) is 29.4 Å². The minimum atomic E-state index is 0.114. The molecule has 0 aliphatic rings. The minimum Gasteiger partial charge on any atom is -0.409 e. The van der Waals surface area contributed by atoms with Crippen LogP contribution in [0.5, 0.6) is 0 Å². The number of benzene rings is 1. The third-order valence-electron chi connectivity index (χ3n) is 2.42. The van der Waals surface area contributed by atoms with E-state index in [1.54, 1.807) is 0 Å². The van der Waals surface area contributed by atoms with Crippen molar-refractivity contribution in [2.45, 2.75) is 19.4 Å². The van der Waals surface area contributed by atoms with Gasteiger partial charge in [-0.05, 0) is 25.1 Å². The first-order valence-electron chi connectivity index (χ1n) is 5.53. The molecular weight excluding hydrogens is 216 g/mol. The van der Waals surface area contributed by atoms with Crippen molar-refractivity contribution >= 4 is 17.2 Å². The molecule has 0 saturated carbocycles. The smallest absolute Gasteiger partial charge is 0.141 e. The van der Waals surface area contributed by atoms with Gasteiger partial charge in [0.15, 0.2) is 0 Å². The molecule has 0 saturated heterocycles. The Balaban J connectivity index is 2.65. The van der Waals surface area contributed by atoms with E-state index in [0.29, 0.717) is 6.42 Å². The van der Waals surface area contributed by atoms with Crippen molar-refractivity contribution in [2.75, 3.05) is 24.3 Å². The van der Waals surface area contributed by atoms with Crippen LogP contribution < -0.4 is 16.0 Å². The molecule has 4 N–H and O–H groups in total. The zero-order chi connectivity index (χ0) is 12.8. The van der Waals surface area contributed by atoms with E-state index < -0.39 is 0 Å². The maximum atomic E-state index is 8.50. The van der Waals surface area contributed by atoms with Gasteiger partial charge in [0.2, 0.25) is 0 Å². The summed E-state index contributed by atoms with van der Waals surface area (Å²) in [4.78, 5) is 2.04. The Hall–Kier alpha value is -1.91. The first kappa shape index (κ1) is 13.2. The van der Waals surface area contributed by atoms with E-state index in [9.17, 15) is 0 Å². The maximum absolute atomic E-state index is 8.50. The average molecular weight is 236 g/mol. The highest BCUT2D eigenvalue weighted by Crippen LogP contribution is 2.18. The van der Waals surface area contributed by atoms with Crippen LogP contribution in [-0.2, 0) is 0 Å². The molecule has 94 valence electrons. The van der Waals surface area contributed by atoms with Gasteiger partial charge in [-0.3, -0.25) is 0 Å². The van der Waals surface area contributed by atoms with Gasteiger partial charge in [-0.1, -0.05) is 11.2 Å². The molecule has 5 heteroatoms. The van der Waals surface area contributed by atoms with Crippen LogP contribution in [-0.4, -0.2) is 31.2 Å². The molecule has 0 amide bonds. The Bertz CT molecular complexity index is 390. The molecule has 1 aromatic carbocycles. The lowest BCUT2D eigenvalue weighted by Crippen LogP contribution is -2.24. The van der Waals surface area contributed by atoms with Crippen LogP contribution >= 0.6 is 0 Å². The summed E-state index contributed by atoms with van der Waals surface area (Å²) < 4.78 is 0. The zero-order valence-corrected chi connectivity index (χ0v) is 10.5. The fraction of sp³-hybridized carbons (Fsp3) is 0.417. The van der Waals surface area contributed by atoms with Crippen molar-refractivity contribution in [3.63, 3.8) is 0 Å². The molecule has 0 fully saturated rings. The van der Waals surface area contributed by atoms with Gasteiger partial charge in [0.25, 0.3) is 0 Å². The summed E-state index contributed by atoms with van der Waals surface area (Å²) in [5, 5.41) is 14.8. The molecule has 1 aromatic rings. The highest BCUT2D eigenvalue weighted by atomic mass is 16.4. The molecule has 5 nitrogen and oxygen atoms in total. The van der Waals surface area contributed by atoms with Crippen molar-refractivity contribution in [1.29, 1.82) is 0 Å². The summed E-state index contributed by atoms with van der Waals surface area (Å²) in [6.07, 6.45) is 0.503. The Kier molecular flexibility index (Phi) is 4.63. The lowest BCUT2D eigenvalue weighted by molar-refractivity contribution is 0.316. The second-order valence-corrected chi connectivity index (χ2v) is 4.29. The number of anilines is 2. The van der Waals surface area contributed by atoms with Crippen LogP contribution in [0.3, 0.4) is 0 Å². The van der Waals surface area contributed by atoms with Crippen LogP contribution in [0.2, 0.25) is 0 Å². The van der Waals surface area contributed by atoms with Crippen molar-refractivity contribution in [3.05, 3.63) is 24.3 Å². The topological polar surface area (TPSA) is 73.9 Å². The zero-order valence-electron chi connectivity index (χ0n) is 10.5. The molecule has 0 heterocycles. The van der Waals surface area contributed by atoms with Crippen LogP contribution in [0.1, 0.15) is 13.3 Å². The van der Waals surface area contributed by atoms with Crippen molar-refractivity contribution < 1.29 is 5.21 Å². The summed E-state index contributed by atoms with van der Waals surface area (Å²) in [5.74, 6) is 0.230. The Morgan fingerprint density at radius 1 is 1.53 bits per heavy atom. The fourth-order valence-corrected chi connectivity index (χ4v) is 1.56. The molecule has 0 spiro atoms. The highest BCUT2D eigenvalue weighted by Gasteiger charge is 2.05. The van der Waals surface area contributed by atoms with E-state index in [1.807, 2.05) is 44.1 Å². The summed E-state index contributed by atoms with van der Waals surface area (Å²) in [5.41, 5.74) is 7.61. The average Bonchev–Trinajstić information content (AvgIpc) is 2.28. The number of nitrogens with zero attached hydrogens (tertiary/aromatic N) is 2. The molecule has 1 rings (SSSR count). The maximum Gasteiger partial charge on any atom is 0.141 e. The Morgan fingerprint density at radius 2 is 2.24 bits per heavy atom.